The molecule has 4 unspecified atom stereocenters. The summed E-state index contributed by atoms with van der Waals surface area (Å²) in [5.41, 5.74) is 4.53. The van der Waals surface area contributed by atoms with Gasteiger partial charge in [0, 0.05) is 43.6 Å². The van der Waals surface area contributed by atoms with E-state index in [-0.39, 0.29) is 23.2 Å². The molecule has 216 valence electrons. The van der Waals surface area contributed by atoms with Gasteiger partial charge in [0.1, 0.15) is 5.82 Å². The number of carbonyl (C=O) groups excluding carboxylic acids is 2. The number of ether oxygens (including phenoxy) is 1. The largest absolute Gasteiger partial charge is 0.464 e. The van der Waals surface area contributed by atoms with Crippen molar-refractivity contribution in [3.05, 3.63) is 83.4 Å². The third-order valence-corrected chi connectivity index (χ3v) is 9.36. The first-order valence-electron chi connectivity index (χ1n) is 14.6. The molecule has 4 atom stereocenters. The molecule has 42 heavy (non-hydrogen) atoms. The number of pyridine rings is 2. The lowest BCUT2D eigenvalue weighted by molar-refractivity contribution is 0.0594. The fraction of sp³-hybridized carbons (Fsp3) is 0.406. The highest BCUT2D eigenvalue weighted by atomic mass is 16.5. The minimum absolute atomic E-state index is 0.0785. The molecule has 0 radical (unpaired) electrons. The molecule has 1 aliphatic carbocycles. The molecule has 3 fully saturated rings. The summed E-state index contributed by atoms with van der Waals surface area (Å²) in [6, 6.07) is 18.3. The molecule has 10 heteroatoms. The summed E-state index contributed by atoms with van der Waals surface area (Å²) in [7, 11) is 1.35. The standard InChI is InChI=1S/C32H35N7O3/c1-20-16-22(38-15-13-32(2,19-38)21-8-5-4-6-9-21)17-39-29(20)35-28(36-39)30(40)34-27-23-12-14-37(18-24(23)27)26-11-7-10-25(33-26)31(41)42-3/h4-11,16-17,23-24,27H,12-15,18-19H2,1-3H3,(H,34,40). The van der Waals surface area contributed by atoms with Crippen LogP contribution in [0.25, 0.3) is 5.65 Å². The number of methoxy groups -OCH3 is 1. The highest BCUT2D eigenvalue weighted by molar-refractivity contribution is 5.91. The van der Waals surface area contributed by atoms with Crippen LogP contribution in [0.4, 0.5) is 11.5 Å². The Labute approximate surface area is 244 Å². The van der Waals surface area contributed by atoms with Crippen molar-refractivity contribution in [2.75, 3.05) is 43.1 Å². The Hall–Kier alpha value is -4.47. The average Bonchev–Trinajstić information content (AvgIpc) is 3.31. The second-order valence-corrected chi connectivity index (χ2v) is 12.1. The number of nitrogens with zero attached hydrogens (tertiary/aromatic N) is 6. The van der Waals surface area contributed by atoms with Crippen molar-refractivity contribution in [1.82, 2.24) is 24.9 Å². The topological polar surface area (TPSA) is 105 Å². The average molecular weight is 566 g/mol. The number of hydrogen-bond donors (Lipinski definition) is 1. The molecule has 2 saturated heterocycles. The van der Waals surface area contributed by atoms with Gasteiger partial charge in [-0.2, -0.15) is 0 Å². The fourth-order valence-corrected chi connectivity index (χ4v) is 6.85. The maximum Gasteiger partial charge on any atom is 0.356 e. The summed E-state index contributed by atoms with van der Waals surface area (Å²) in [5.74, 6) is 1.01. The summed E-state index contributed by atoms with van der Waals surface area (Å²) in [4.78, 5) is 38.8. The zero-order chi connectivity index (χ0) is 29.0. The zero-order valence-electron chi connectivity index (χ0n) is 24.2. The molecule has 10 nitrogen and oxygen atoms in total. The second-order valence-electron chi connectivity index (χ2n) is 12.1. The van der Waals surface area contributed by atoms with Crippen LogP contribution in [0.3, 0.4) is 0 Å². The van der Waals surface area contributed by atoms with E-state index in [4.69, 9.17) is 4.74 Å². The molecule has 1 N–H and O–H groups in total. The third-order valence-electron chi connectivity index (χ3n) is 9.36. The molecule has 7 rings (SSSR count). The summed E-state index contributed by atoms with van der Waals surface area (Å²) >= 11 is 0. The van der Waals surface area contributed by atoms with Crippen molar-refractivity contribution in [2.24, 2.45) is 11.8 Å². The summed E-state index contributed by atoms with van der Waals surface area (Å²) < 4.78 is 6.56. The van der Waals surface area contributed by atoms with Gasteiger partial charge in [-0.3, -0.25) is 4.79 Å². The zero-order valence-corrected chi connectivity index (χ0v) is 24.2. The van der Waals surface area contributed by atoms with Gasteiger partial charge in [-0.15, -0.1) is 5.10 Å². The molecule has 1 aromatic carbocycles. The van der Waals surface area contributed by atoms with E-state index in [1.54, 1.807) is 10.6 Å². The molecule has 0 spiro atoms. The van der Waals surface area contributed by atoms with Gasteiger partial charge in [0.2, 0.25) is 5.82 Å². The van der Waals surface area contributed by atoms with Gasteiger partial charge in [0.05, 0.1) is 19.0 Å². The molecule has 3 aliphatic rings. The van der Waals surface area contributed by atoms with Gasteiger partial charge in [0.15, 0.2) is 11.3 Å². The van der Waals surface area contributed by atoms with Crippen LogP contribution in [-0.2, 0) is 10.2 Å². The second kappa shape index (κ2) is 10.1. The molecule has 2 aliphatic heterocycles. The predicted molar refractivity (Wildman–Crippen MR) is 159 cm³/mol. The van der Waals surface area contributed by atoms with Crippen LogP contribution in [-0.4, -0.2) is 70.8 Å². The first-order chi connectivity index (χ1) is 20.3. The van der Waals surface area contributed by atoms with Gasteiger partial charge in [-0.05, 0) is 55.0 Å². The van der Waals surface area contributed by atoms with E-state index in [0.717, 1.165) is 56.1 Å². The van der Waals surface area contributed by atoms with E-state index in [1.807, 2.05) is 25.3 Å². The van der Waals surface area contributed by atoms with E-state index >= 15 is 0 Å². The number of piperidine rings is 1. The van der Waals surface area contributed by atoms with Crippen molar-refractivity contribution < 1.29 is 14.3 Å². The normalized spacial score (nSPS) is 24.9. The van der Waals surface area contributed by atoms with Crippen LogP contribution >= 0.6 is 0 Å². The van der Waals surface area contributed by atoms with E-state index in [1.165, 1.54) is 12.7 Å². The summed E-state index contributed by atoms with van der Waals surface area (Å²) in [6.07, 6.45) is 4.01. The van der Waals surface area contributed by atoms with Gasteiger partial charge in [-0.25, -0.2) is 19.3 Å². The number of aromatic nitrogens is 4. The molecule has 1 saturated carbocycles. The minimum atomic E-state index is -0.448. The summed E-state index contributed by atoms with van der Waals surface area (Å²) in [5, 5.41) is 7.79. The monoisotopic (exact) mass is 565 g/mol. The highest BCUT2D eigenvalue weighted by Crippen LogP contribution is 2.46. The third kappa shape index (κ3) is 4.64. The molecule has 1 amide bonds. The first kappa shape index (κ1) is 26.4. The Morgan fingerprint density at radius 1 is 1.02 bits per heavy atom. The van der Waals surface area contributed by atoms with Crippen LogP contribution in [0.1, 0.15) is 52.0 Å². The Kier molecular flexibility index (Phi) is 6.36. The number of esters is 1. The number of amides is 1. The fourth-order valence-electron chi connectivity index (χ4n) is 6.85. The molecule has 4 aromatic rings. The van der Waals surface area contributed by atoms with Gasteiger partial charge in [0.25, 0.3) is 5.91 Å². The van der Waals surface area contributed by atoms with E-state index in [2.05, 4.69) is 73.5 Å². The summed E-state index contributed by atoms with van der Waals surface area (Å²) in [6.45, 7) is 7.83. The molecular weight excluding hydrogens is 530 g/mol. The van der Waals surface area contributed by atoms with E-state index in [9.17, 15) is 9.59 Å². The van der Waals surface area contributed by atoms with Crippen molar-refractivity contribution in [1.29, 1.82) is 0 Å². The van der Waals surface area contributed by atoms with Crippen LogP contribution in [0, 0.1) is 18.8 Å². The highest BCUT2D eigenvalue weighted by Gasteiger charge is 2.54. The maximum absolute atomic E-state index is 13.3. The SMILES string of the molecule is COC(=O)c1cccc(N2CCC3C(C2)C3NC(=O)c2nc3c(C)cc(N4CCC(C)(c5ccccc5)C4)cn3n2)n1. The Morgan fingerprint density at radius 2 is 1.86 bits per heavy atom. The van der Waals surface area contributed by atoms with E-state index in [0.29, 0.717) is 23.2 Å². The lowest BCUT2D eigenvalue weighted by Gasteiger charge is -2.27. The minimum Gasteiger partial charge on any atom is -0.464 e. The number of carbonyl (C=O) groups is 2. The lowest BCUT2D eigenvalue weighted by atomic mass is 9.82. The first-order valence-corrected chi connectivity index (χ1v) is 14.6. The van der Waals surface area contributed by atoms with Crippen molar-refractivity contribution >= 4 is 29.0 Å². The van der Waals surface area contributed by atoms with E-state index < -0.39 is 5.97 Å². The molecule has 0 bridgehead atoms. The lowest BCUT2D eigenvalue weighted by Crippen LogP contribution is -2.33. The Bertz CT molecular complexity index is 1670. The van der Waals surface area contributed by atoms with Crippen molar-refractivity contribution in [2.45, 2.75) is 38.1 Å². The van der Waals surface area contributed by atoms with Crippen molar-refractivity contribution in [3.63, 3.8) is 0 Å². The number of anilines is 2. The quantitative estimate of drug-likeness (QED) is 0.354. The molecule has 5 heterocycles. The maximum atomic E-state index is 13.3. The van der Waals surface area contributed by atoms with Gasteiger partial charge < -0.3 is 19.9 Å². The van der Waals surface area contributed by atoms with Crippen LogP contribution in [0.15, 0.2) is 60.8 Å². The number of hydrogen-bond acceptors (Lipinski definition) is 8. The number of benzene rings is 1. The number of nitrogens with one attached hydrogen (secondary N) is 1. The van der Waals surface area contributed by atoms with Crippen LogP contribution < -0.4 is 15.1 Å². The number of rotatable bonds is 6. The number of fused-ring (bicyclic) bond motifs is 2. The van der Waals surface area contributed by atoms with Crippen LogP contribution in [0.2, 0.25) is 0 Å². The smallest absolute Gasteiger partial charge is 0.356 e. The number of aryl methyl sites for hydroxylation is 1. The molecule has 3 aromatic heterocycles. The predicted octanol–water partition coefficient (Wildman–Crippen LogP) is 3.64. The molecular formula is C32H35N7O3. The van der Waals surface area contributed by atoms with Crippen molar-refractivity contribution in [3.8, 4) is 0 Å². The van der Waals surface area contributed by atoms with Gasteiger partial charge in [-0.1, -0.05) is 43.3 Å². The van der Waals surface area contributed by atoms with Gasteiger partial charge >= 0.3 is 5.97 Å². The Morgan fingerprint density at radius 3 is 2.67 bits per heavy atom. The van der Waals surface area contributed by atoms with Crippen LogP contribution in [0.5, 0.6) is 0 Å². The Balaban J connectivity index is 1.02.